The zero-order chi connectivity index (χ0) is 21.7. The van der Waals surface area contributed by atoms with E-state index in [1.807, 2.05) is 0 Å². The average Bonchev–Trinajstić information content (AvgIpc) is 3.14. The molecule has 0 aliphatic carbocycles. The number of alkyl halides is 3. The van der Waals surface area contributed by atoms with Crippen LogP contribution in [0, 0.1) is 0 Å². The summed E-state index contributed by atoms with van der Waals surface area (Å²) in [4.78, 5) is 24.0. The van der Waals surface area contributed by atoms with Crippen molar-refractivity contribution in [1.29, 1.82) is 0 Å². The number of amides is 1. The maximum atomic E-state index is 12.9. The maximum absolute atomic E-state index is 12.9. The van der Waals surface area contributed by atoms with Gasteiger partial charge in [0, 0.05) is 18.9 Å². The summed E-state index contributed by atoms with van der Waals surface area (Å²) in [6.45, 7) is -0.702. The molecule has 30 heavy (non-hydrogen) atoms. The quantitative estimate of drug-likeness (QED) is 0.487. The standard InChI is InChI=1S/C20H16F3N3O4/c1-26-11-13(10-24-26)19(28)25-14-6-8-15(9-7-14)30-18(27)12-29-17-5-3-2-4-16(17)20(21,22)23/h2-11H,12H2,1H3,(H,25,28). The number of esters is 1. The number of hydrogen-bond donors (Lipinski definition) is 1. The SMILES string of the molecule is Cn1cc(C(=O)Nc2ccc(OC(=O)COc3ccccc3C(F)(F)F)cc2)cn1. The van der Waals surface area contributed by atoms with Crippen molar-refractivity contribution < 1.29 is 32.2 Å². The predicted molar refractivity (Wildman–Crippen MR) is 100 cm³/mol. The maximum Gasteiger partial charge on any atom is 0.419 e. The molecular weight excluding hydrogens is 403 g/mol. The fraction of sp³-hybridized carbons (Fsp3) is 0.150. The van der Waals surface area contributed by atoms with E-state index in [4.69, 9.17) is 9.47 Å². The normalized spacial score (nSPS) is 11.1. The lowest BCUT2D eigenvalue weighted by Crippen LogP contribution is -2.19. The monoisotopic (exact) mass is 419 g/mol. The van der Waals surface area contributed by atoms with Crippen LogP contribution in [0.4, 0.5) is 18.9 Å². The summed E-state index contributed by atoms with van der Waals surface area (Å²) >= 11 is 0. The minimum absolute atomic E-state index is 0.145. The van der Waals surface area contributed by atoms with Gasteiger partial charge in [-0.1, -0.05) is 12.1 Å². The summed E-state index contributed by atoms with van der Waals surface area (Å²) < 4.78 is 50.3. The van der Waals surface area contributed by atoms with Crippen LogP contribution in [0.1, 0.15) is 15.9 Å². The summed E-state index contributed by atoms with van der Waals surface area (Å²) in [5.74, 6) is -1.55. The van der Waals surface area contributed by atoms with Gasteiger partial charge in [-0.2, -0.15) is 18.3 Å². The second-order valence-corrected chi connectivity index (χ2v) is 6.14. The van der Waals surface area contributed by atoms with Crippen LogP contribution in [-0.2, 0) is 18.0 Å². The number of aromatic nitrogens is 2. The van der Waals surface area contributed by atoms with Crippen LogP contribution in [-0.4, -0.2) is 28.3 Å². The molecule has 3 rings (SSSR count). The number of carbonyl (C=O) groups is 2. The van der Waals surface area contributed by atoms with Crippen molar-refractivity contribution >= 4 is 17.6 Å². The summed E-state index contributed by atoms with van der Waals surface area (Å²) in [7, 11) is 1.69. The van der Waals surface area contributed by atoms with Crippen molar-refractivity contribution in [1.82, 2.24) is 9.78 Å². The highest BCUT2D eigenvalue weighted by Crippen LogP contribution is 2.35. The van der Waals surface area contributed by atoms with E-state index >= 15 is 0 Å². The van der Waals surface area contributed by atoms with Crippen molar-refractivity contribution in [3.05, 3.63) is 72.1 Å². The van der Waals surface area contributed by atoms with Crippen LogP contribution in [0.2, 0.25) is 0 Å². The van der Waals surface area contributed by atoms with Crippen LogP contribution >= 0.6 is 0 Å². The van der Waals surface area contributed by atoms with E-state index in [0.29, 0.717) is 11.3 Å². The minimum atomic E-state index is -4.60. The van der Waals surface area contributed by atoms with E-state index < -0.39 is 30.1 Å². The van der Waals surface area contributed by atoms with Gasteiger partial charge >= 0.3 is 12.1 Å². The van der Waals surface area contributed by atoms with E-state index in [1.165, 1.54) is 47.3 Å². The molecule has 0 saturated heterocycles. The van der Waals surface area contributed by atoms with Crippen molar-refractivity contribution in [3.63, 3.8) is 0 Å². The van der Waals surface area contributed by atoms with E-state index in [0.717, 1.165) is 12.1 Å². The molecule has 7 nitrogen and oxygen atoms in total. The lowest BCUT2D eigenvalue weighted by molar-refractivity contribution is -0.142. The Morgan fingerprint density at radius 2 is 1.80 bits per heavy atom. The Kier molecular flexibility index (Phi) is 6.05. The largest absolute Gasteiger partial charge is 0.481 e. The van der Waals surface area contributed by atoms with Crippen molar-refractivity contribution in [3.8, 4) is 11.5 Å². The predicted octanol–water partition coefficient (Wildman–Crippen LogP) is 3.68. The summed E-state index contributed by atoms with van der Waals surface area (Å²) in [5, 5.41) is 6.56. The number of halogens is 3. The number of rotatable bonds is 6. The average molecular weight is 419 g/mol. The zero-order valence-electron chi connectivity index (χ0n) is 15.6. The molecule has 1 N–H and O–H groups in total. The fourth-order valence-electron chi connectivity index (χ4n) is 2.47. The van der Waals surface area contributed by atoms with Gasteiger partial charge in [-0.05, 0) is 36.4 Å². The fourth-order valence-corrected chi connectivity index (χ4v) is 2.47. The molecule has 0 aliphatic heterocycles. The molecule has 0 fully saturated rings. The molecule has 0 unspecified atom stereocenters. The molecule has 2 aromatic carbocycles. The number of ether oxygens (including phenoxy) is 2. The molecule has 0 spiro atoms. The van der Waals surface area contributed by atoms with Crippen LogP contribution in [0.5, 0.6) is 11.5 Å². The molecule has 0 bridgehead atoms. The second-order valence-electron chi connectivity index (χ2n) is 6.14. The molecular formula is C20H16F3N3O4. The Balaban J connectivity index is 1.54. The number of carbonyl (C=O) groups excluding carboxylic acids is 2. The van der Waals surface area contributed by atoms with Crippen molar-refractivity contribution in [2.75, 3.05) is 11.9 Å². The Morgan fingerprint density at radius 1 is 1.10 bits per heavy atom. The van der Waals surface area contributed by atoms with Gasteiger partial charge in [0.25, 0.3) is 5.91 Å². The van der Waals surface area contributed by atoms with Gasteiger partial charge in [0.15, 0.2) is 6.61 Å². The third kappa shape index (κ3) is 5.37. The Labute approximate surface area is 169 Å². The lowest BCUT2D eigenvalue weighted by atomic mass is 10.2. The first-order valence-electron chi connectivity index (χ1n) is 8.62. The summed E-state index contributed by atoms with van der Waals surface area (Å²) in [5.41, 5.74) is -0.144. The number of anilines is 1. The van der Waals surface area contributed by atoms with E-state index in [1.54, 1.807) is 13.2 Å². The molecule has 0 saturated carbocycles. The Hall–Kier alpha value is -3.82. The van der Waals surface area contributed by atoms with E-state index in [-0.39, 0.29) is 11.7 Å². The van der Waals surface area contributed by atoms with Crippen LogP contribution in [0.25, 0.3) is 0 Å². The van der Waals surface area contributed by atoms with Crippen molar-refractivity contribution in [2.24, 2.45) is 7.05 Å². The number of para-hydroxylation sites is 1. The highest BCUT2D eigenvalue weighted by molar-refractivity contribution is 6.03. The van der Waals surface area contributed by atoms with Gasteiger partial charge in [0.1, 0.15) is 11.5 Å². The topological polar surface area (TPSA) is 82.5 Å². The number of hydrogen-bond acceptors (Lipinski definition) is 5. The molecule has 1 heterocycles. The molecule has 1 aromatic heterocycles. The van der Waals surface area contributed by atoms with Crippen LogP contribution < -0.4 is 14.8 Å². The molecule has 0 radical (unpaired) electrons. The molecule has 156 valence electrons. The van der Waals surface area contributed by atoms with Crippen LogP contribution in [0.15, 0.2) is 60.9 Å². The molecule has 10 heteroatoms. The van der Waals surface area contributed by atoms with Crippen molar-refractivity contribution in [2.45, 2.75) is 6.18 Å². The number of benzene rings is 2. The first-order chi connectivity index (χ1) is 14.2. The van der Waals surface area contributed by atoms with Gasteiger partial charge in [-0.25, -0.2) is 4.79 Å². The summed E-state index contributed by atoms with van der Waals surface area (Å²) in [6.07, 6.45) is -1.62. The smallest absolute Gasteiger partial charge is 0.419 e. The Morgan fingerprint density at radius 3 is 2.43 bits per heavy atom. The van der Waals surface area contributed by atoms with Gasteiger partial charge in [0.2, 0.25) is 0 Å². The molecule has 0 atom stereocenters. The highest BCUT2D eigenvalue weighted by Gasteiger charge is 2.34. The van der Waals surface area contributed by atoms with Gasteiger partial charge in [-0.15, -0.1) is 0 Å². The summed E-state index contributed by atoms with van der Waals surface area (Å²) in [6, 6.07) is 10.5. The third-order valence-corrected chi connectivity index (χ3v) is 3.85. The minimum Gasteiger partial charge on any atom is -0.481 e. The van der Waals surface area contributed by atoms with Gasteiger partial charge in [-0.3, -0.25) is 9.48 Å². The van der Waals surface area contributed by atoms with E-state index in [2.05, 4.69) is 10.4 Å². The van der Waals surface area contributed by atoms with E-state index in [9.17, 15) is 22.8 Å². The first-order valence-corrected chi connectivity index (χ1v) is 8.62. The molecule has 3 aromatic rings. The number of aryl methyl sites for hydroxylation is 1. The molecule has 1 amide bonds. The van der Waals surface area contributed by atoms with Gasteiger partial charge in [0.05, 0.1) is 17.3 Å². The number of nitrogens with one attached hydrogen (secondary N) is 1. The lowest BCUT2D eigenvalue weighted by Gasteiger charge is -2.13. The number of nitrogens with zero attached hydrogens (tertiary/aromatic N) is 2. The van der Waals surface area contributed by atoms with Gasteiger partial charge < -0.3 is 14.8 Å². The molecule has 0 aliphatic rings. The second kappa shape index (κ2) is 8.68. The third-order valence-electron chi connectivity index (χ3n) is 3.85. The highest BCUT2D eigenvalue weighted by atomic mass is 19.4. The Bertz CT molecular complexity index is 1050. The first kappa shape index (κ1) is 20.9. The van der Waals surface area contributed by atoms with Crippen LogP contribution in [0.3, 0.4) is 0 Å². The zero-order valence-corrected chi connectivity index (χ0v) is 15.6.